The Kier molecular flexibility index (Phi) is 5.37. The van der Waals surface area contributed by atoms with Crippen LogP contribution >= 0.6 is 0 Å². The lowest BCUT2D eigenvalue weighted by atomic mass is 10.1. The van der Waals surface area contributed by atoms with E-state index in [1.165, 1.54) is 25.7 Å². The number of ether oxygens (including phenoxy) is 2. The van der Waals surface area contributed by atoms with Gasteiger partial charge < -0.3 is 25.1 Å². The minimum Gasteiger partial charge on any atom is -0.485 e. The molecular weight excluding hydrogens is 444 g/mol. The van der Waals surface area contributed by atoms with Gasteiger partial charge in [0.15, 0.2) is 11.5 Å². The van der Waals surface area contributed by atoms with Crippen molar-refractivity contribution in [1.82, 2.24) is 24.7 Å². The van der Waals surface area contributed by atoms with Gasteiger partial charge in [-0.3, -0.25) is 4.68 Å². The highest BCUT2D eigenvalue weighted by molar-refractivity contribution is 5.94. The van der Waals surface area contributed by atoms with E-state index in [-0.39, 0.29) is 0 Å². The largest absolute Gasteiger partial charge is 0.485 e. The smallest absolute Gasteiger partial charge is 0.231 e. The maximum absolute atomic E-state index is 9.58. The van der Waals surface area contributed by atoms with E-state index in [0.29, 0.717) is 64.7 Å². The maximum atomic E-state index is 9.58. The summed E-state index contributed by atoms with van der Waals surface area (Å²) in [7, 11) is 1.90. The second-order valence-corrected chi connectivity index (χ2v) is 8.95. The van der Waals surface area contributed by atoms with Crippen LogP contribution in [0.1, 0.15) is 31.2 Å². The summed E-state index contributed by atoms with van der Waals surface area (Å²) >= 11 is 0. The van der Waals surface area contributed by atoms with Crippen LogP contribution in [-0.4, -0.2) is 44.5 Å². The first-order valence-electron chi connectivity index (χ1n) is 11.9. The third-order valence-electron chi connectivity index (χ3n) is 6.72. The molecule has 1 aromatic carbocycles. The Bertz CT molecular complexity index is 1430. The quantitative estimate of drug-likeness (QED) is 0.380. The first-order chi connectivity index (χ1) is 17.2. The molecule has 0 saturated heterocycles. The molecule has 6 rings (SSSR count). The Labute approximate surface area is 202 Å². The summed E-state index contributed by atoms with van der Waals surface area (Å²) in [4.78, 5) is 12.5. The molecule has 2 aliphatic rings. The summed E-state index contributed by atoms with van der Waals surface area (Å²) in [6.07, 6.45) is 8.41. The van der Waals surface area contributed by atoms with E-state index < -0.39 is 0 Å². The predicted molar refractivity (Wildman–Crippen MR) is 132 cm³/mol. The van der Waals surface area contributed by atoms with Crippen molar-refractivity contribution in [2.75, 3.05) is 30.4 Å². The van der Waals surface area contributed by atoms with Gasteiger partial charge in [0.05, 0.1) is 22.3 Å². The molecule has 10 heteroatoms. The number of aromatic nitrogens is 5. The van der Waals surface area contributed by atoms with E-state index in [9.17, 15) is 5.26 Å². The number of aromatic amines is 1. The highest BCUT2D eigenvalue weighted by Crippen LogP contribution is 2.45. The molecule has 10 nitrogen and oxygen atoms in total. The number of anilines is 3. The molecule has 4 aromatic rings. The number of rotatable bonds is 6. The predicted octanol–water partition coefficient (Wildman–Crippen LogP) is 4.35. The van der Waals surface area contributed by atoms with Crippen molar-refractivity contribution >= 4 is 28.5 Å². The van der Waals surface area contributed by atoms with Gasteiger partial charge in [0.1, 0.15) is 30.7 Å². The van der Waals surface area contributed by atoms with E-state index in [4.69, 9.17) is 14.5 Å². The number of nitrogens with zero attached hydrogens (tertiary/aromatic N) is 5. The van der Waals surface area contributed by atoms with Gasteiger partial charge >= 0.3 is 0 Å². The van der Waals surface area contributed by atoms with Gasteiger partial charge in [-0.25, -0.2) is 0 Å². The normalized spacial score (nSPS) is 15.3. The summed E-state index contributed by atoms with van der Waals surface area (Å²) in [5.41, 5.74) is 3.67. The molecule has 1 saturated carbocycles. The second kappa shape index (κ2) is 8.83. The zero-order valence-corrected chi connectivity index (χ0v) is 19.5. The van der Waals surface area contributed by atoms with Gasteiger partial charge in [-0.1, -0.05) is 12.8 Å². The van der Waals surface area contributed by atoms with Crippen LogP contribution in [0.15, 0.2) is 30.6 Å². The molecule has 0 spiro atoms. The number of hydrogen-bond acceptors (Lipinski definition) is 8. The van der Waals surface area contributed by atoms with Crippen molar-refractivity contribution in [3.8, 4) is 28.8 Å². The van der Waals surface area contributed by atoms with Crippen molar-refractivity contribution in [3.05, 3.63) is 36.2 Å². The second-order valence-electron chi connectivity index (χ2n) is 8.95. The van der Waals surface area contributed by atoms with Crippen molar-refractivity contribution in [3.63, 3.8) is 0 Å². The number of aryl methyl sites for hydroxylation is 1. The first-order valence-corrected chi connectivity index (χ1v) is 11.9. The number of benzene rings is 1. The topological polar surface area (TPSA) is 126 Å². The van der Waals surface area contributed by atoms with E-state index >= 15 is 0 Å². The van der Waals surface area contributed by atoms with Gasteiger partial charge in [0.25, 0.3) is 0 Å². The lowest BCUT2D eigenvalue weighted by Gasteiger charge is -2.24. The van der Waals surface area contributed by atoms with E-state index in [0.717, 1.165) is 17.8 Å². The minimum atomic E-state index is 0.405. The zero-order valence-electron chi connectivity index (χ0n) is 19.5. The SMILES string of the molecule is Cn1nccc1-c1ccc(Nc2nc(NCC3CCCC3)c3c(C#N)c[nH]c3n2)c2c1OCCO2. The lowest BCUT2D eigenvalue weighted by Crippen LogP contribution is -2.17. The zero-order chi connectivity index (χ0) is 23.8. The highest BCUT2D eigenvalue weighted by Gasteiger charge is 2.24. The number of fused-ring (bicyclic) bond motifs is 2. The average molecular weight is 471 g/mol. The van der Waals surface area contributed by atoms with E-state index in [2.05, 4.69) is 31.8 Å². The summed E-state index contributed by atoms with van der Waals surface area (Å²) in [5.74, 6) is 2.96. The Balaban J connectivity index is 1.37. The van der Waals surface area contributed by atoms with Crippen molar-refractivity contribution < 1.29 is 9.47 Å². The molecule has 3 N–H and O–H groups in total. The monoisotopic (exact) mass is 470 g/mol. The van der Waals surface area contributed by atoms with Crippen LogP contribution in [0.25, 0.3) is 22.3 Å². The third-order valence-corrected chi connectivity index (χ3v) is 6.72. The summed E-state index contributed by atoms with van der Waals surface area (Å²) in [6.45, 7) is 1.75. The van der Waals surface area contributed by atoms with Crippen LogP contribution in [-0.2, 0) is 7.05 Å². The molecule has 178 valence electrons. The summed E-state index contributed by atoms with van der Waals surface area (Å²) in [6, 6.07) is 8.09. The molecule has 0 atom stereocenters. The molecule has 0 radical (unpaired) electrons. The van der Waals surface area contributed by atoms with Crippen LogP contribution in [0.3, 0.4) is 0 Å². The fourth-order valence-corrected chi connectivity index (χ4v) is 4.96. The molecule has 1 fully saturated rings. The average Bonchev–Trinajstić information content (AvgIpc) is 3.64. The van der Waals surface area contributed by atoms with Crippen molar-refractivity contribution in [2.24, 2.45) is 13.0 Å². The number of hydrogen-bond donors (Lipinski definition) is 3. The maximum Gasteiger partial charge on any atom is 0.231 e. The number of nitriles is 1. The molecule has 4 heterocycles. The molecule has 1 aliphatic heterocycles. The summed E-state index contributed by atoms with van der Waals surface area (Å²) in [5, 5.41) is 21.4. The molecule has 35 heavy (non-hydrogen) atoms. The van der Waals surface area contributed by atoms with Crippen molar-refractivity contribution in [1.29, 1.82) is 5.26 Å². The number of H-pyrrole nitrogens is 1. The Morgan fingerprint density at radius 2 is 1.97 bits per heavy atom. The van der Waals surface area contributed by atoms with Gasteiger partial charge in [-0.05, 0) is 37.0 Å². The molecule has 3 aromatic heterocycles. The standard InChI is InChI=1S/C25H26N8O2/c1-33-19(8-9-29-33)17-6-7-18(22-21(17)34-10-11-35-22)30-25-31-23(27-13-15-4-2-3-5-15)20-16(12-26)14-28-24(20)32-25/h6-9,14-15H,2-5,10-11,13H2,1H3,(H3,27,28,30,31,32). The first kappa shape index (κ1) is 21.3. The fraction of sp³-hybridized carbons (Fsp3) is 0.360. The highest BCUT2D eigenvalue weighted by atomic mass is 16.6. The molecule has 0 bridgehead atoms. The van der Waals surface area contributed by atoms with Crippen LogP contribution in [0, 0.1) is 17.2 Å². The Hall–Kier alpha value is -4.26. The molecule has 1 aliphatic carbocycles. The Morgan fingerprint density at radius 1 is 1.14 bits per heavy atom. The lowest BCUT2D eigenvalue weighted by molar-refractivity contribution is 0.173. The van der Waals surface area contributed by atoms with Crippen LogP contribution in [0.2, 0.25) is 0 Å². The third kappa shape index (κ3) is 3.89. The van der Waals surface area contributed by atoms with Crippen LogP contribution < -0.4 is 20.1 Å². The van der Waals surface area contributed by atoms with Gasteiger partial charge in [-0.2, -0.15) is 20.3 Å². The van der Waals surface area contributed by atoms with Crippen LogP contribution in [0.4, 0.5) is 17.5 Å². The Morgan fingerprint density at radius 3 is 2.74 bits per heavy atom. The van der Waals surface area contributed by atoms with E-state index in [1.807, 2.05) is 25.2 Å². The minimum absolute atomic E-state index is 0.405. The van der Waals surface area contributed by atoms with Gasteiger partial charge in [-0.15, -0.1) is 0 Å². The van der Waals surface area contributed by atoms with Crippen LogP contribution in [0.5, 0.6) is 11.5 Å². The molecule has 0 amide bonds. The van der Waals surface area contributed by atoms with E-state index in [1.54, 1.807) is 17.1 Å². The number of nitrogens with one attached hydrogen (secondary N) is 3. The van der Waals surface area contributed by atoms with Crippen molar-refractivity contribution in [2.45, 2.75) is 25.7 Å². The van der Waals surface area contributed by atoms with Gasteiger partial charge in [0, 0.05) is 31.5 Å². The summed E-state index contributed by atoms with van der Waals surface area (Å²) < 4.78 is 13.8. The van der Waals surface area contributed by atoms with Gasteiger partial charge in [0.2, 0.25) is 5.95 Å². The molecule has 0 unspecified atom stereocenters. The molecular formula is C25H26N8O2. The fourth-order valence-electron chi connectivity index (χ4n) is 4.96.